The van der Waals surface area contributed by atoms with Gasteiger partial charge in [-0.1, -0.05) is 30.3 Å². The van der Waals surface area contributed by atoms with Gasteiger partial charge in [-0.3, -0.25) is 4.90 Å². The van der Waals surface area contributed by atoms with E-state index in [2.05, 4.69) is 31.8 Å². The number of fused-ring (bicyclic) bond motifs is 1. The van der Waals surface area contributed by atoms with Gasteiger partial charge in [-0.05, 0) is 12.0 Å². The summed E-state index contributed by atoms with van der Waals surface area (Å²) in [5.41, 5.74) is 7.44. The van der Waals surface area contributed by atoms with Crippen LogP contribution in [0, 0.1) is 0 Å². The van der Waals surface area contributed by atoms with Crippen molar-refractivity contribution in [2.75, 3.05) is 13.1 Å². The lowest BCUT2D eigenvalue weighted by molar-refractivity contribution is 0.210. The third-order valence-corrected chi connectivity index (χ3v) is 3.70. The van der Waals surface area contributed by atoms with Gasteiger partial charge in [0.2, 0.25) is 0 Å². The number of rotatable bonds is 4. The van der Waals surface area contributed by atoms with Crippen LogP contribution in [0.15, 0.2) is 36.7 Å². The van der Waals surface area contributed by atoms with Gasteiger partial charge in [-0.15, -0.1) is 10.2 Å². The Morgan fingerprint density at radius 2 is 2.05 bits per heavy atom. The van der Waals surface area contributed by atoms with Gasteiger partial charge < -0.3 is 10.3 Å². The van der Waals surface area contributed by atoms with Crippen molar-refractivity contribution in [3.63, 3.8) is 0 Å². The summed E-state index contributed by atoms with van der Waals surface area (Å²) in [5, 5.41) is 8.07. The Morgan fingerprint density at radius 1 is 1.21 bits per heavy atom. The highest BCUT2D eigenvalue weighted by molar-refractivity contribution is 5.18. The van der Waals surface area contributed by atoms with Crippen LogP contribution in [0.2, 0.25) is 0 Å². The maximum Gasteiger partial charge on any atom is 0.147 e. The van der Waals surface area contributed by atoms with Crippen LogP contribution in [0.25, 0.3) is 0 Å². The van der Waals surface area contributed by atoms with E-state index in [1.54, 1.807) is 0 Å². The van der Waals surface area contributed by atoms with E-state index in [4.69, 9.17) is 5.73 Å². The molecular formula is C14H19N5. The molecule has 0 saturated heterocycles. The topological polar surface area (TPSA) is 60.0 Å². The molecule has 1 unspecified atom stereocenters. The molecule has 100 valence electrons. The van der Waals surface area contributed by atoms with E-state index in [-0.39, 0.29) is 6.04 Å². The molecule has 0 aliphatic carbocycles. The van der Waals surface area contributed by atoms with Crippen LogP contribution in [0.4, 0.5) is 0 Å². The van der Waals surface area contributed by atoms with Crippen LogP contribution >= 0.6 is 0 Å². The standard InChI is InChI=1S/C14H19N5/c15-13(12-4-2-1-3-5-12)6-7-18-8-9-19-11-16-17-14(19)10-18/h1-5,11,13H,6-10,15H2. The fraction of sp³-hybridized carbons (Fsp3) is 0.429. The predicted molar refractivity (Wildman–Crippen MR) is 73.3 cm³/mol. The zero-order valence-corrected chi connectivity index (χ0v) is 10.9. The van der Waals surface area contributed by atoms with E-state index in [1.165, 1.54) is 5.56 Å². The minimum absolute atomic E-state index is 0.112. The molecule has 0 spiro atoms. The molecule has 0 saturated carbocycles. The average Bonchev–Trinajstić information content (AvgIpc) is 2.93. The Morgan fingerprint density at radius 3 is 2.89 bits per heavy atom. The number of nitrogens with zero attached hydrogens (tertiary/aromatic N) is 4. The maximum atomic E-state index is 6.23. The molecule has 5 nitrogen and oxygen atoms in total. The van der Waals surface area contributed by atoms with Gasteiger partial charge >= 0.3 is 0 Å². The van der Waals surface area contributed by atoms with Crippen LogP contribution in [0.1, 0.15) is 23.9 Å². The van der Waals surface area contributed by atoms with Crippen LogP contribution in [0.5, 0.6) is 0 Å². The summed E-state index contributed by atoms with van der Waals surface area (Å²) in [5.74, 6) is 1.06. The minimum atomic E-state index is 0.112. The van der Waals surface area contributed by atoms with Gasteiger partial charge in [0.05, 0.1) is 6.54 Å². The largest absolute Gasteiger partial charge is 0.324 e. The Labute approximate surface area is 113 Å². The third kappa shape index (κ3) is 2.83. The van der Waals surface area contributed by atoms with Crippen LogP contribution < -0.4 is 5.73 Å². The second kappa shape index (κ2) is 5.50. The van der Waals surface area contributed by atoms with Crippen molar-refractivity contribution >= 4 is 0 Å². The molecule has 0 bridgehead atoms. The summed E-state index contributed by atoms with van der Waals surface area (Å²) in [7, 11) is 0. The number of hydrogen-bond donors (Lipinski definition) is 1. The Bertz CT molecular complexity index is 522. The van der Waals surface area contributed by atoms with Crippen LogP contribution in [0.3, 0.4) is 0 Å². The molecule has 0 fully saturated rings. The first-order chi connectivity index (χ1) is 9.33. The first-order valence-corrected chi connectivity index (χ1v) is 6.72. The lowest BCUT2D eigenvalue weighted by Crippen LogP contribution is -2.35. The predicted octanol–water partition coefficient (Wildman–Crippen LogP) is 1.18. The molecule has 2 N–H and O–H groups in total. The van der Waals surface area contributed by atoms with Crippen molar-refractivity contribution in [3.8, 4) is 0 Å². The molecule has 3 rings (SSSR count). The number of aromatic nitrogens is 3. The molecule has 0 amide bonds. The van der Waals surface area contributed by atoms with E-state index in [0.717, 1.165) is 38.4 Å². The SMILES string of the molecule is NC(CCN1CCn2cnnc2C1)c1ccccc1. The lowest BCUT2D eigenvalue weighted by atomic mass is 10.0. The molecule has 2 heterocycles. The Balaban J connectivity index is 1.54. The highest BCUT2D eigenvalue weighted by Gasteiger charge is 2.17. The number of nitrogens with two attached hydrogens (primary N) is 1. The lowest BCUT2D eigenvalue weighted by Gasteiger charge is -2.27. The molecular weight excluding hydrogens is 238 g/mol. The van der Waals surface area contributed by atoms with E-state index in [1.807, 2.05) is 24.5 Å². The van der Waals surface area contributed by atoms with Gasteiger partial charge in [0, 0.05) is 25.7 Å². The van der Waals surface area contributed by atoms with E-state index in [9.17, 15) is 0 Å². The van der Waals surface area contributed by atoms with Crippen molar-refractivity contribution in [3.05, 3.63) is 48.0 Å². The van der Waals surface area contributed by atoms with Crippen molar-refractivity contribution < 1.29 is 0 Å². The molecule has 0 radical (unpaired) electrons. The molecule has 1 aromatic carbocycles. The zero-order chi connectivity index (χ0) is 13.1. The van der Waals surface area contributed by atoms with Crippen molar-refractivity contribution in [2.45, 2.75) is 25.6 Å². The van der Waals surface area contributed by atoms with Gasteiger partial charge in [-0.25, -0.2) is 0 Å². The molecule has 2 aromatic rings. The zero-order valence-electron chi connectivity index (χ0n) is 10.9. The van der Waals surface area contributed by atoms with Crippen LogP contribution in [-0.4, -0.2) is 32.8 Å². The fourth-order valence-electron chi connectivity index (χ4n) is 2.50. The summed E-state index contributed by atoms with van der Waals surface area (Å²) in [6.07, 6.45) is 2.78. The average molecular weight is 257 g/mol. The monoisotopic (exact) mass is 257 g/mol. The highest BCUT2D eigenvalue weighted by atomic mass is 15.3. The van der Waals surface area contributed by atoms with Gasteiger partial charge in [0.15, 0.2) is 0 Å². The summed E-state index contributed by atoms with van der Waals surface area (Å²) in [4.78, 5) is 2.40. The van der Waals surface area contributed by atoms with Gasteiger partial charge in [0.1, 0.15) is 12.2 Å². The quantitative estimate of drug-likeness (QED) is 0.893. The number of benzene rings is 1. The van der Waals surface area contributed by atoms with Gasteiger partial charge in [-0.2, -0.15) is 0 Å². The second-order valence-electron chi connectivity index (χ2n) is 5.02. The summed E-state index contributed by atoms with van der Waals surface area (Å²) >= 11 is 0. The molecule has 19 heavy (non-hydrogen) atoms. The summed E-state index contributed by atoms with van der Waals surface area (Å²) in [6.45, 7) is 3.90. The summed E-state index contributed by atoms with van der Waals surface area (Å²) in [6, 6.07) is 10.4. The molecule has 1 aliphatic heterocycles. The second-order valence-corrected chi connectivity index (χ2v) is 5.02. The van der Waals surface area contributed by atoms with Crippen LogP contribution in [-0.2, 0) is 13.1 Å². The van der Waals surface area contributed by atoms with Crippen molar-refractivity contribution in [1.82, 2.24) is 19.7 Å². The van der Waals surface area contributed by atoms with Crippen molar-refractivity contribution in [1.29, 1.82) is 0 Å². The third-order valence-electron chi connectivity index (χ3n) is 3.70. The Kier molecular flexibility index (Phi) is 3.57. The Hall–Kier alpha value is -1.72. The van der Waals surface area contributed by atoms with Crippen molar-refractivity contribution in [2.24, 2.45) is 5.73 Å². The molecule has 5 heteroatoms. The van der Waals surface area contributed by atoms with Gasteiger partial charge in [0.25, 0.3) is 0 Å². The number of hydrogen-bond acceptors (Lipinski definition) is 4. The smallest absolute Gasteiger partial charge is 0.147 e. The maximum absolute atomic E-state index is 6.23. The summed E-state index contributed by atoms with van der Waals surface area (Å²) < 4.78 is 2.12. The fourth-order valence-corrected chi connectivity index (χ4v) is 2.50. The first kappa shape index (κ1) is 12.3. The van der Waals surface area contributed by atoms with E-state index < -0.39 is 0 Å². The minimum Gasteiger partial charge on any atom is -0.324 e. The van der Waals surface area contributed by atoms with E-state index >= 15 is 0 Å². The highest BCUT2D eigenvalue weighted by Crippen LogP contribution is 2.16. The molecule has 1 aromatic heterocycles. The molecule has 1 atom stereocenters. The van der Waals surface area contributed by atoms with E-state index in [0.29, 0.717) is 0 Å². The normalized spacial score (nSPS) is 17.1. The molecule has 1 aliphatic rings. The first-order valence-electron chi connectivity index (χ1n) is 6.72.